The summed E-state index contributed by atoms with van der Waals surface area (Å²) in [5.41, 5.74) is -0.205. The fourth-order valence-corrected chi connectivity index (χ4v) is 3.34. The second-order valence-corrected chi connectivity index (χ2v) is 6.58. The van der Waals surface area contributed by atoms with Crippen LogP contribution in [0, 0.1) is 10.1 Å². The van der Waals surface area contributed by atoms with E-state index in [1.54, 1.807) is 37.3 Å². The Morgan fingerprint density at radius 3 is 2.88 bits per heavy atom. The first-order chi connectivity index (χ1) is 12.4. The summed E-state index contributed by atoms with van der Waals surface area (Å²) < 4.78 is 6.41. The van der Waals surface area contributed by atoms with Gasteiger partial charge in [-0.25, -0.2) is 9.97 Å². The number of aromatic nitrogens is 3. The lowest BCUT2D eigenvalue weighted by atomic mass is 10.3. The summed E-state index contributed by atoms with van der Waals surface area (Å²) in [6.07, 6.45) is 1.33. The predicted molar refractivity (Wildman–Crippen MR) is 97.8 cm³/mol. The summed E-state index contributed by atoms with van der Waals surface area (Å²) in [4.78, 5) is 33.6. The Balaban J connectivity index is 2.01. The number of ether oxygens (including phenoxy) is 1. The van der Waals surface area contributed by atoms with Crippen molar-refractivity contribution in [3.63, 3.8) is 0 Å². The maximum Gasteiger partial charge on any atom is 0.376 e. The maximum absolute atomic E-state index is 12.5. The minimum absolute atomic E-state index is 0.0144. The zero-order chi connectivity index (χ0) is 18.8. The second-order valence-electron chi connectivity index (χ2n) is 5.69. The Bertz CT molecular complexity index is 1020. The first-order valence-corrected chi connectivity index (χ1v) is 8.64. The van der Waals surface area contributed by atoms with Crippen molar-refractivity contribution >= 4 is 28.5 Å². The molecule has 0 aliphatic heterocycles. The molecule has 0 saturated carbocycles. The molecule has 0 N–H and O–H groups in total. The Labute approximate surface area is 152 Å². The number of nitro groups is 1. The number of hydrogen-bond acceptors (Lipinski definition) is 8. The highest BCUT2D eigenvalue weighted by atomic mass is 32.1. The van der Waals surface area contributed by atoms with E-state index in [0.29, 0.717) is 5.65 Å². The molecule has 136 valence electrons. The average Bonchev–Trinajstić information content (AvgIpc) is 3.09. The van der Waals surface area contributed by atoms with Gasteiger partial charge in [0, 0.05) is 25.7 Å². The second kappa shape index (κ2) is 7.18. The number of nitrogens with zero attached hydrogens (tertiary/aromatic N) is 5. The van der Waals surface area contributed by atoms with Crippen LogP contribution in [-0.2, 0) is 11.3 Å². The molecule has 1 atom stereocenters. The lowest BCUT2D eigenvalue weighted by Gasteiger charge is -2.17. The molecule has 3 heterocycles. The summed E-state index contributed by atoms with van der Waals surface area (Å²) in [5.74, 6) is 0.0144. The van der Waals surface area contributed by atoms with Crippen molar-refractivity contribution in [3.8, 4) is 0 Å². The molecular weight excluding hydrogens is 358 g/mol. The van der Waals surface area contributed by atoms with Crippen LogP contribution < -0.4 is 10.5 Å². The van der Waals surface area contributed by atoms with Crippen LogP contribution in [0.15, 0.2) is 34.6 Å². The Hall–Kier alpha value is -2.85. The van der Waals surface area contributed by atoms with Crippen molar-refractivity contribution in [3.05, 3.63) is 60.9 Å². The number of anilines is 1. The SMILES string of the molecule is COC(C)c1nc(CN(C)c2nc3ccccn3c(=O)c2[N+](=O)[O-])cs1. The van der Waals surface area contributed by atoms with Crippen molar-refractivity contribution in [2.75, 3.05) is 19.1 Å². The lowest BCUT2D eigenvalue weighted by molar-refractivity contribution is -0.385. The summed E-state index contributed by atoms with van der Waals surface area (Å²) in [6, 6.07) is 4.97. The molecule has 26 heavy (non-hydrogen) atoms. The fraction of sp³-hybridized carbons (Fsp3) is 0.312. The maximum atomic E-state index is 12.5. The molecule has 0 spiro atoms. The van der Waals surface area contributed by atoms with Gasteiger partial charge in [-0.1, -0.05) is 6.07 Å². The van der Waals surface area contributed by atoms with Crippen LogP contribution in [0.2, 0.25) is 0 Å². The van der Waals surface area contributed by atoms with Crippen molar-refractivity contribution in [2.24, 2.45) is 0 Å². The molecule has 0 bridgehead atoms. The highest BCUT2D eigenvalue weighted by Crippen LogP contribution is 2.25. The zero-order valence-corrected chi connectivity index (χ0v) is 15.3. The monoisotopic (exact) mass is 375 g/mol. The van der Waals surface area contributed by atoms with Gasteiger partial charge < -0.3 is 9.64 Å². The van der Waals surface area contributed by atoms with E-state index in [9.17, 15) is 14.9 Å². The van der Waals surface area contributed by atoms with E-state index >= 15 is 0 Å². The normalized spacial score (nSPS) is 12.3. The van der Waals surface area contributed by atoms with E-state index in [2.05, 4.69) is 9.97 Å². The van der Waals surface area contributed by atoms with Crippen LogP contribution >= 0.6 is 11.3 Å². The molecule has 3 rings (SSSR count). The lowest BCUT2D eigenvalue weighted by Crippen LogP contribution is -2.26. The molecule has 0 aromatic carbocycles. The van der Waals surface area contributed by atoms with Crippen molar-refractivity contribution in [2.45, 2.75) is 19.6 Å². The van der Waals surface area contributed by atoms with Gasteiger partial charge in [0.1, 0.15) is 16.8 Å². The number of thiazole rings is 1. The molecule has 1 unspecified atom stereocenters. The van der Waals surface area contributed by atoms with Crippen molar-refractivity contribution in [1.82, 2.24) is 14.4 Å². The first kappa shape index (κ1) is 18.0. The van der Waals surface area contributed by atoms with Gasteiger partial charge in [0.15, 0.2) is 0 Å². The molecule has 3 aromatic heterocycles. The molecule has 0 aliphatic rings. The van der Waals surface area contributed by atoms with Gasteiger partial charge in [-0.05, 0) is 19.1 Å². The van der Waals surface area contributed by atoms with Gasteiger partial charge in [0.05, 0.1) is 17.2 Å². The third-order valence-electron chi connectivity index (χ3n) is 3.91. The predicted octanol–water partition coefficient (Wildman–Crippen LogP) is 2.40. The van der Waals surface area contributed by atoms with Crippen LogP contribution in [0.25, 0.3) is 5.65 Å². The quantitative estimate of drug-likeness (QED) is 0.481. The third-order valence-corrected chi connectivity index (χ3v) is 4.96. The Morgan fingerprint density at radius 2 is 2.19 bits per heavy atom. The minimum atomic E-state index is -0.713. The molecule has 0 amide bonds. The van der Waals surface area contributed by atoms with Gasteiger partial charge in [0.2, 0.25) is 5.82 Å². The Morgan fingerprint density at radius 1 is 1.42 bits per heavy atom. The van der Waals surface area contributed by atoms with Gasteiger partial charge in [-0.3, -0.25) is 19.3 Å². The van der Waals surface area contributed by atoms with Crippen LogP contribution in [-0.4, -0.2) is 33.4 Å². The highest BCUT2D eigenvalue weighted by molar-refractivity contribution is 7.09. The molecule has 0 radical (unpaired) electrons. The van der Waals surface area contributed by atoms with E-state index in [1.807, 2.05) is 12.3 Å². The van der Waals surface area contributed by atoms with Gasteiger partial charge >= 0.3 is 11.2 Å². The minimum Gasteiger partial charge on any atom is -0.375 e. The van der Waals surface area contributed by atoms with Crippen LogP contribution in [0.1, 0.15) is 23.7 Å². The highest BCUT2D eigenvalue weighted by Gasteiger charge is 2.26. The largest absolute Gasteiger partial charge is 0.376 e. The Kier molecular flexibility index (Phi) is 4.96. The molecule has 10 heteroatoms. The van der Waals surface area contributed by atoms with Crippen molar-refractivity contribution in [1.29, 1.82) is 0 Å². The van der Waals surface area contributed by atoms with E-state index in [4.69, 9.17) is 4.74 Å². The van der Waals surface area contributed by atoms with E-state index in [0.717, 1.165) is 15.1 Å². The van der Waals surface area contributed by atoms with E-state index < -0.39 is 16.2 Å². The molecule has 0 saturated heterocycles. The molecule has 9 nitrogen and oxygen atoms in total. The van der Waals surface area contributed by atoms with Gasteiger partial charge in [0.25, 0.3) is 0 Å². The third kappa shape index (κ3) is 3.28. The van der Waals surface area contributed by atoms with E-state index in [-0.39, 0.29) is 18.5 Å². The van der Waals surface area contributed by atoms with Gasteiger partial charge in [-0.2, -0.15) is 0 Å². The average molecular weight is 375 g/mol. The topological polar surface area (TPSA) is 103 Å². The zero-order valence-electron chi connectivity index (χ0n) is 14.4. The van der Waals surface area contributed by atoms with Crippen molar-refractivity contribution < 1.29 is 9.66 Å². The molecule has 3 aromatic rings. The summed E-state index contributed by atoms with van der Waals surface area (Å²) in [7, 11) is 3.25. The van der Waals surface area contributed by atoms with E-state index in [1.165, 1.54) is 17.5 Å². The smallest absolute Gasteiger partial charge is 0.375 e. The van der Waals surface area contributed by atoms with Crippen LogP contribution in [0.3, 0.4) is 0 Å². The number of rotatable bonds is 6. The van der Waals surface area contributed by atoms with Crippen LogP contribution in [0.4, 0.5) is 11.5 Å². The molecule has 0 fully saturated rings. The van der Waals surface area contributed by atoms with Crippen LogP contribution in [0.5, 0.6) is 0 Å². The van der Waals surface area contributed by atoms with Gasteiger partial charge in [-0.15, -0.1) is 11.3 Å². The standard InChI is InChI=1S/C16H17N5O4S/c1-10(25-3)15-17-11(9-26-15)8-19(2)14-13(21(23)24)16(22)20-7-5-4-6-12(20)18-14/h4-7,9-10H,8H2,1-3H3. The summed E-state index contributed by atoms with van der Waals surface area (Å²) in [5, 5.41) is 14.1. The summed E-state index contributed by atoms with van der Waals surface area (Å²) in [6.45, 7) is 2.17. The summed E-state index contributed by atoms with van der Waals surface area (Å²) >= 11 is 1.45. The number of fused-ring (bicyclic) bond motifs is 1. The number of pyridine rings is 1. The molecule has 0 aliphatic carbocycles. The fourth-order valence-electron chi connectivity index (χ4n) is 2.49. The first-order valence-electron chi connectivity index (χ1n) is 7.76. The molecular formula is C16H17N5O4S. The number of methoxy groups -OCH3 is 1. The number of hydrogen-bond donors (Lipinski definition) is 0.